The lowest BCUT2D eigenvalue weighted by Crippen LogP contribution is -2.53. The molecule has 1 aromatic heterocycles. The molecule has 8 heteroatoms. The molecule has 42 heavy (non-hydrogen) atoms. The molecule has 3 N–H and O–H groups in total. The van der Waals surface area contributed by atoms with Gasteiger partial charge in [0.1, 0.15) is 29.1 Å². The number of halogens is 1. The summed E-state index contributed by atoms with van der Waals surface area (Å²) >= 11 is 0. The number of unbranched alkanes of at least 4 members (excludes halogenated alkanes) is 1. The molecule has 0 radical (unpaired) electrons. The lowest BCUT2D eigenvalue weighted by Gasteiger charge is -2.34. The van der Waals surface area contributed by atoms with Gasteiger partial charge in [-0.05, 0) is 79.3 Å². The number of fused-ring (bicyclic) bond motifs is 3. The fourth-order valence-corrected chi connectivity index (χ4v) is 6.37. The predicted octanol–water partition coefficient (Wildman–Crippen LogP) is 3.73. The number of rotatable bonds is 9. The van der Waals surface area contributed by atoms with Gasteiger partial charge in [0.2, 0.25) is 0 Å². The molecule has 3 unspecified atom stereocenters. The summed E-state index contributed by atoms with van der Waals surface area (Å²) < 4.78 is 20.0. The Balaban J connectivity index is 1.29. The van der Waals surface area contributed by atoms with E-state index < -0.39 is 0 Å². The maximum Gasteiger partial charge on any atom is 0.140 e. The predicted molar refractivity (Wildman–Crippen MR) is 167 cm³/mol. The Morgan fingerprint density at radius 1 is 1.17 bits per heavy atom. The van der Waals surface area contributed by atoms with Gasteiger partial charge in [0.15, 0.2) is 0 Å². The summed E-state index contributed by atoms with van der Waals surface area (Å²) in [7, 11) is 0. The van der Waals surface area contributed by atoms with Crippen LogP contribution in [0.3, 0.4) is 0 Å². The molecule has 2 saturated heterocycles. The summed E-state index contributed by atoms with van der Waals surface area (Å²) in [6.45, 7) is 5.99. The van der Waals surface area contributed by atoms with Crippen LogP contribution in [-0.4, -0.2) is 66.0 Å². The number of hydrogen-bond donors (Lipinski definition) is 3. The minimum Gasteiger partial charge on any atom is -0.508 e. The summed E-state index contributed by atoms with van der Waals surface area (Å²) in [5.41, 5.74) is 1.91. The Labute approximate surface area is 246 Å². The van der Waals surface area contributed by atoms with E-state index in [0.29, 0.717) is 54.4 Å². The standard InChI is InChI=1S/C34H40FN5O2/c1-23(31-18-28(41)17-24-7-2-3-9-29(24)31)11-14-30-32(19-35)38-33(10-4-5-15-36-27-8-6-16-42-22-27)39-34(30)40-20-25-12-13-26(21-40)37-25/h2-3,6-9,11,14,17-19,25-27,36-37,41H,4-5,10,12-13,15-16,20-22H2,1H3/b23-11+,30-14+,32-19-. The molecule has 4 heterocycles. The average Bonchev–Trinajstić information content (AvgIpc) is 3.36. The first-order valence-corrected chi connectivity index (χ1v) is 15.1. The lowest BCUT2D eigenvalue weighted by molar-refractivity contribution is 0.136. The van der Waals surface area contributed by atoms with E-state index in [1.165, 1.54) is 0 Å². The van der Waals surface area contributed by atoms with Crippen molar-refractivity contribution in [3.63, 3.8) is 0 Å². The number of phenolic OH excluding ortho intramolecular Hbond substituents is 1. The molecule has 0 spiro atoms. The first-order chi connectivity index (χ1) is 20.6. The summed E-state index contributed by atoms with van der Waals surface area (Å²) in [5, 5.41) is 20.6. The minimum absolute atomic E-state index is 0.220. The molecule has 3 aromatic rings. The van der Waals surface area contributed by atoms with Crippen LogP contribution >= 0.6 is 0 Å². The molecule has 3 atom stereocenters. The van der Waals surface area contributed by atoms with Gasteiger partial charge >= 0.3 is 0 Å². The number of aromatic hydroxyl groups is 1. The van der Waals surface area contributed by atoms with Gasteiger partial charge in [-0.1, -0.05) is 42.5 Å². The van der Waals surface area contributed by atoms with Gasteiger partial charge < -0.3 is 25.4 Å². The van der Waals surface area contributed by atoms with Crippen LogP contribution in [0.4, 0.5) is 10.2 Å². The van der Waals surface area contributed by atoms with Crippen LogP contribution in [0.15, 0.2) is 54.6 Å². The van der Waals surface area contributed by atoms with Gasteiger partial charge in [0.25, 0.3) is 0 Å². The fraction of sp³-hybridized carbons (Fsp3) is 0.412. The van der Waals surface area contributed by atoms with E-state index >= 15 is 0 Å². The van der Waals surface area contributed by atoms with E-state index in [1.54, 1.807) is 12.1 Å². The zero-order valence-corrected chi connectivity index (χ0v) is 24.2. The SMILES string of the molecule is C\C(=C/C=c1/c(N2CC3CCC(C2)N3)nc(CCCCNC2C=CCOC2)n/c1=C\F)c1cc(O)cc2ccccc12. The van der Waals surface area contributed by atoms with Crippen molar-refractivity contribution in [1.29, 1.82) is 0 Å². The largest absolute Gasteiger partial charge is 0.508 e. The minimum atomic E-state index is 0.220. The molecular formula is C34H40FN5O2. The zero-order valence-electron chi connectivity index (χ0n) is 24.2. The molecule has 0 saturated carbocycles. The van der Waals surface area contributed by atoms with Crippen LogP contribution in [0.1, 0.15) is 44.0 Å². The Bertz CT molecular complexity index is 1590. The van der Waals surface area contributed by atoms with Gasteiger partial charge in [-0.25, -0.2) is 14.4 Å². The van der Waals surface area contributed by atoms with Gasteiger partial charge in [-0.3, -0.25) is 0 Å². The highest BCUT2D eigenvalue weighted by atomic mass is 19.1. The molecule has 6 rings (SSSR count). The number of nitrogens with zero attached hydrogens (tertiary/aromatic N) is 3. The van der Waals surface area contributed by atoms with Crippen molar-refractivity contribution in [2.24, 2.45) is 0 Å². The van der Waals surface area contributed by atoms with Crippen molar-refractivity contribution < 1.29 is 14.2 Å². The van der Waals surface area contributed by atoms with E-state index in [0.717, 1.165) is 73.0 Å². The fourth-order valence-electron chi connectivity index (χ4n) is 6.37. The third kappa shape index (κ3) is 6.56. The monoisotopic (exact) mass is 569 g/mol. The maximum absolute atomic E-state index is 14.5. The van der Waals surface area contributed by atoms with E-state index in [4.69, 9.17) is 9.72 Å². The molecule has 3 aliphatic rings. The van der Waals surface area contributed by atoms with E-state index in [2.05, 4.69) is 38.7 Å². The van der Waals surface area contributed by atoms with Crippen LogP contribution in [0, 0.1) is 0 Å². The number of benzene rings is 2. The summed E-state index contributed by atoms with van der Waals surface area (Å²) in [4.78, 5) is 12.0. The van der Waals surface area contributed by atoms with Crippen LogP contribution in [0.25, 0.3) is 28.8 Å². The Morgan fingerprint density at radius 2 is 2.00 bits per heavy atom. The molecule has 0 amide bonds. The van der Waals surface area contributed by atoms with Crippen molar-refractivity contribution in [2.45, 2.75) is 57.2 Å². The van der Waals surface area contributed by atoms with Crippen molar-refractivity contribution in [3.05, 3.63) is 76.6 Å². The number of piperazine rings is 1. The number of anilines is 1. The molecule has 2 aromatic carbocycles. The highest BCUT2D eigenvalue weighted by Gasteiger charge is 2.33. The molecule has 0 aliphatic carbocycles. The lowest BCUT2D eigenvalue weighted by atomic mass is 9.98. The smallest absolute Gasteiger partial charge is 0.140 e. The second-order valence-corrected chi connectivity index (χ2v) is 11.6. The highest BCUT2D eigenvalue weighted by Crippen LogP contribution is 2.29. The average molecular weight is 570 g/mol. The van der Waals surface area contributed by atoms with Crippen molar-refractivity contribution >= 4 is 34.6 Å². The maximum atomic E-state index is 14.5. The van der Waals surface area contributed by atoms with E-state index in [9.17, 15) is 9.50 Å². The third-order valence-electron chi connectivity index (χ3n) is 8.51. The molecule has 3 aliphatic heterocycles. The quantitative estimate of drug-likeness (QED) is 0.268. The topological polar surface area (TPSA) is 82.5 Å². The van der Waals surface area contributed by atoms with Gasteiger partial charge in [-0.15, -0.1) is 0 Å². The number of ether oxygens (including phenoxy) is 1. The molecular weight excluding hydrogens is 529 g/mol. The number of nitrogens with one attached hydrogen (secondary N) is 2. The third-order valence-corrected chi connectivity index (χ3v) is 8.51. The summed E-state index contributed by atoms with van der Waals surface area (Å²) in [5.74, 6) is 1.70. The van der Waals surface area contributed by atoms with Gasteiger partial charge in [-0.2, -0.15) is 0 Å². The number of phenols is 1. The van der Waals surface area contributed by atoms with Crippen molar-refractivity contribution in [3.8, 4) is 5.75 Å². The van der Waals surface area contributed by atoms with Crippen LogP contribution in [-0.2, 0) is 11.2 Å². The number of aromatic nitrogens is 2. The van der Waals surface area contributed by atoms with Crippen molar-refractivity contribution in [1.82, 2.24) is 20.6 Å². The summed E-state index contributed by atoms with van der Waals surface area (Å²) in [6.07, 6.45) is 13.6. The Hall–Kier alpha value is -3.59. The van der Waals surface area contributed by atoms with E-state index in [1.807, 2.05) is 37.3 Å². The van der Waals surface area contributed by atoms with E-state index in [-0.39, 0.29) is 11.8 Å². The molecule has 2 bridgehead atoms. The number of aryl methyl sites for hydroxylation is 1. The second-order valence-electron chi connectivity index (χ2n) is 11.6. The van der Waals surface area contributed by atoms with Crippen LogP contribution < -0.4 is 26.1 Å². The first-order valence-electron chi connectivity index (χ1n) is 15.1. The Kier molecular flexibility index (Phi) is 8.93. The Morgan fingerprint density at radius 3 is 2.79 bits per heavy atom. The highest BCUT2D eigenvalue weighted by molar-refractivity contribution is 5.95. The summed E-state index contributed by atoms with van der Waals surface area (Å²) in [6, 6.07) is 12.7. The molecule has 220 valence electrons. The van der Waals surface area contributed by atoms with Gasteiger partial charge in [0, 0.05) is 42.9 Å². The van der Waals surface area contributed by atoms with Gasteiger partial charge in [0.05, 0.1) is 13.2 Å². The first kappa shape index (κ1) is 28.5. The number of hydrogen-bond acceptors (Lipinski definition) is 7. The zero-order chi connectivity index (χ0) is 28.9. The normalized spacial score (nSPS) is 23.3. The molecule has 2 fully saturated rings. The van der Waals surface area contributed by atoms with Crippen LogP contribution in [0.5, 0.6) is 5.75 Å². The molecule has 7 nitrogen and oxygen atoms in total. The van der Waals surface area contributed by atoms with Crippen molar-refractivity contribution in [2.75, 3.05) is 37.7 Å². The second kappa shape index (κ2) is 13.2. The number of allylic oxidation sites excluding steroid dienone is 2. The van der Waals surface area contributed by atoms with Crippen LogP contribution in [0.2, 0.25) is 0 Å².